The van der Waals surface area contributed by atoms with Crippen LogP contribution in [0.15, 0.2) is 41.9 Å². The molecule has 1 N–H and O–H groups in total. The third-order valence-corrected chi connectivity index (χ3v) is 4.88. The number of aryl methyl sites for hydroxylation is 2. The highest BCUT2D eigenvalue weighted by Crippen LogP contribution is 2.18. The fourth-order valence-corrected chi connectivity index (χ4v) is 3.40. The Morgan fingerprint density at radius 3 is 2.67 bits per heavy atom. The molecule has 0 aliphatic rings. The maximum Gasteiger partial charge on any atom is 0.194 e. The fraction of sp³-hybridized carbons (Fsp3) is 0.455. The Morgan fingerprint density at radius 1 is 1.27 bits per heavy atom. The number of pyridine rings is 1. The lowest BCUT2D eigenvalue weighted by Gasteiger charge is -2.22. The summed E-state index contributed by atoms with van der Waals surface area (Å²) >= 11 is 0. The van der Waals surface area contributed by atoms with Gasteiger partial charge < -0.3 is 10.2 Å². The largest absolute Gasteiger partial charge is 0.357 e. The maximum atomic E-state index is 4.82. The second-order valence-electron chi connectivity index (χ2n) is 7.76. The molecule has 3 heterocycles. The Labute approximate surface area is 178 Å². The van der Waals surface area contributed by atoms with Gasteiger partial charge >= 0.3 is 0 Å². The van der Waals surface area contributed by atoms with Crippen molar-refractivity contribution in [2.45, 2.75) is 46.7 Å². The Morgan fingerprint density at radius 2 is 2.07 bits per heavy atom. The zero-order valence-electron chi connectivity index (χ0n) is 18.8. The number of guanidine groups is 1. The van der Waals surface area contributed by atoms with Crippen LogP contribution in [0.25, 0.3) is 5.82 Å². The van der Waals surface area contributed by atoms with Gasteiger partial charge in [-0.2, -0.15) is 5.10 Å². The van der Waals surface area contributed by atoms with E-state index in [0.29, 0.717) is 12.5 Å². The number of hydrogen-bond acceptors (Lipinski definition) is 4. The monoisotopic (exact) mass is 408 g/mol. The van der Waals surface area contributed by atoms with Gasteiger partial charge in [0.2, 0.25) is 0 Å². The first-order valence-electron chi connectivity index (χ1n) is 10.4. The summed E-state index contributed by atoms with van der Waals surface area (Å²) in [4.78, 5) is 15.8. The van der Waals surface area contributed by atoms with Crippen molar-refractivity contribution >= 4 is 5.96 Å². The lowest BCUT2D eigenvalue weighted by Crippen LogP contribution is -2.38. The van der Waals surface area contributed by atoms with E-state index in [1.54, 1.807) is 6.20 Å². The van der Waals surface area contributed by atoms with Crippen LogP contribution in [-0.2, 0) is 20.1 Å². The molecule has 160 valence electrons. The average Bonchev–Trinajstić information content (AvgIpc) is 3.30. The van der Waals surface area contributed by atoms with Gasteiger partial charge in [-0.1, -0.05) is 19.9 Å². The van der Waals surface area contributed by atoms with E-state index < -0.39 is 0 Å². The number of hydrogen-bond donors (Lipinski definition) is 1. The van der Waals surface area contributed by atoms with Crippen molar-refractivity contribution in [3.8, 4) is 5.82 Å². The van der Waals surface area contributed by atoms with E-state index >= 15 is 0 Å². The first-order valence-corrected chi connectivity index (χ1v) is 10.4. The summed E-state index contributed by atoms with van der Waals surface area (Å²) in [6.07, 6.45) is 7.66. The first-order chi connectivity index (χ1) is 14.4. The second kappa shape index (κ2) is 9.56. The van der Waals surface area contributed by atoms with Crippen molar-refractivity contribution < 1.29 is 0 Å². The van der Waals surface area contributed by atoms with E-state index in [4.69, 9.17) is 4.99 Å². The summed E-state index contributed by atoms with van der Waals surface area (Å²) in [6, 6.07) is 4.06. The molecule has 0 fully saturated rings. The van der Waals surface area contributed by atoms with E-state index in [2.05, 4.69) is 65.4 Å². The van der Waals surface area contributed by atoms with Crippen molar-refractivity contribution in [1.29, 1.82) is 0 Å². The van der Waals surface area contributed by atoms with Gasteiger partial charge in [0.25, 0.3) is 0 Å². The molecule has 0 spiro atoms. The van der Waals surface area contributed by atoms with E-state index in [1.807, 2.05) is 41.7 Å². The van der Waals surface area contributed by atoms with Gasteiger partial charge in [0, 0.05) is 57.5 Å². The quantitative estimate of drug-likeness (QED) is 0.480. The van der Waals surface area contributed by atoms with Crippen LogP contribution >= 0.6 is 0 Å². The fourth-order valence-electron chi connectivity index (χ4n) is 3.40. The van der Waals surface area contributed by atoms with Crippen LogP contribution in [0.4, 0.5) is 0 Å². The van der Waals surface area contributed by atoms with Gasteiger partial charge in [0.1, 0.15) is 11.6 Å². The predicted molar refractivity (Wildman–Crippen MR) is 120 cm³/mol. The van der Waals surface area contributed by atoms with Crippen molar-refractivity contribution in [3.63, 3.8) is 0 Å². The lowest BCUT2D eigenvalue weighted by atomic mass is 10.1. The molecule has 0 aromatic carbocycles. The summed E-state index contributed by atoms with van der Waals surface area (Å²) in [6.45, 7) is 10.5. The molecule has 3 aromatic heterocycles. The van der Waals surface area contributed by atoms with Crippen LogP contribution in [0.1, 0.15) is 49.3 Å². The summed E-state index contributed by atoms with van der Waals surface area (Å²) < 4.78 is 3.85. The Bertz CT molecular complexity index is 981. The third kappa shape index (κ3) is 5.06. The molecule has 8 heteroatoms. The molecule has 0 radical (unpaired) electrons. The van der Waals surface area contributed by atoms with Gasteiger partial charge in [0.05, 0.1) is 12.2 Å². The minimum absolute atomic E-state index is 0.387. The standard InChI is InChI=1S/C22H32N8/c1-7-23-22(28(5)14-19-15-29(6)27-21(19)16(2)3)26-13-18-8-9-20(25-12-18)30-11-10-24-17(30)4/h8-12,15-16H,7,13-14H2,1-6H3,(H,23,26). The number of rotatable bonds is 7. The number of nitrogens with one attached hydrogen (secondary N) is 1. The topological polar surface area (TPSA) is 76.2 Å². The Balaban J connectivity index is 1.72. The maximum absolute atomic E-state index is 4.82. The molecule has 0 saturated carbocycles. The molecule has 8 nitrogen and oxygen atoms in total. The zero-order chi connectivity index (χ0) is 21.7. The number of nitrogens with zero attached hydrogens (tertiary/aromatic N) is 7. The summed E-state index contributed by atoms with van der Waals surface area (Å²) in [5.74, 6) is 3.03. The van der Waals surface area contributed by atoms with Crippen LogP contribution in [0.5, 0.6) is 0 Å². The lowest BCUT2D eigenvalue weighted by molar-refractivity contribution is 0.473. The van der Waals surface area contributed by atoms with Crippen LogP contribution in [-0.4, -0.2) is 48.8 Å². The first kappa shape index (κ1) is 21.5. The Hall–Kier alpha value is -3.16. The molecule has 0 aliphatic carbocycles. The predicted octanol–water partition coefficient (Wildman–Crippen LogP) is 3.03. The van der Waals surface area contributed by atoms with Crippen LogP contribution in [0.3, 0.4) is 0 Å². The van der Waals surface area contributed by atoms with E-state index in [-0.39, 0.29) is 0 Å². The van der Waals surface area contributed by atoms with E-state index in [0.717, 1.165) is 41.9 Å². The Kier molecular flexibility index (Phi) is 6.87. The van der Waals surface area contributed by atoms with Crippen LogP contribution < -0.4 is 5.32 Å². The molecular formula is C22H32N8. The average molecular weight is 409 g/mol. The highest BCUT2D eigenvalue weighted by molar-refractivity contribution is 5.79. The number of aliphatic imine (C=N–C) groups is 1. The van der Waals surface area contributed by atoms with Gasteiger partial charge in [0.15, 0.2) is 5.96 Å². The summed E-state index contributed by atoms with van der Waals surface area (Å²) in [5.41, 5.74) is 3.42. The number of imidazole rings is 1. The van der Waals surface area contributed by atoms with E-state index in [1.165, 1.54) is 5.56 Å². The van der Waals surface area contributed by atoms with Crippen LogP contribution in [0.2, 0.25) is 0 Å². The van der Waals surface area contributed by atoms with Crippen molar-refractivity contribution in [1.82, 2.24) is 34.5 Å². The van der Waals surface area contributed by atoms with Gasteiger partial charge in [-0.05, 0) is 31.4 Å². The molecule has 0 saturated heterocycles. The van der Waals surface area contributed by atoms with Crippen molar-refractivity contribution in [2.75, 3.05) is 13.6 Å². The normalized spacial score (nSPS) is 11.9. The molecule has 0 unspecified atom stereocenters. The minimum Gasteiger partial charge on any atom is -0.357 e. The van der Waals surface area contributed by atoms with Crippen molar-refractivity contribution in [3.05, 3.63) is 59.6 Å². The second-order valence-corrected chi connectivity index (χ2v) is 7.76. The number of aromatic nitrogens is 5. The van der Waals surface area contributed by atoms with Gasteiger partial charge in [-0.3, -0.25) is 9.25 Å². The van der Waals surface area contributed by atoms with Crippen molar-refractivity contribution in [2.24, 2.45) is 12.0 Å². The molecule has 3 aromatic rings. The molecule has 0 bridgehead atoms. The molecule has 3 rings (SSSR count). The SMILES string of the molecule is CCNC(=NCc1ccc(-n2ccnc2C)nc1)N(C)Cc1cn(C)nc1C(C)C. The highest BCUT2D eigenvalue weighted by atomic mass is 15.3. The van der Waals surface area contributed by atoms with E-state index in [9.17, 15) is 0 Å². The highest BCUT2D eigenvalue weighted by Gasteiger charge is 2.15. The van der Waals surface area contributed by atoms with Gasteiger partial charge in [-0.25, -0.2) is 15.0 Å². The molecule has 0 atom stereocenters. The van der Waals surface area contributed by atoms with Gasteiger partial charge in [-0.15, -0.1) is 0 Å². The third-order valence-electron chi connectivity index (χ3n) is 4.88. The molecule has 0 amide bonds. The zero-order valence-corrected chi connectivity index (χ0v) is 18.8. The summed E-state index contributed by atoms with van der Waals surface area (Å²) in [7, 11) is 4.03. The minimum atomic E-state index is 0.387. The molecule has 30 heavy (non-hydrogen) atoms. The van der Waals surface area contributed by atoms with Crippen LogP contribution in [0, 0.1) is 6.92 Å². The smallest absolute Gasteiger partial charge is 0.194 e. The summed E-state index contributed by atoms with van der Waals surface area (Å²) in [5, 5.41) is 8.00. The molecular weight excluding hydrogens is 376 g/mol. The molecule has 0 aliphatic heterocycles.